The van der Waals surface area contributed by atoms with Crippen molar-refractivity contribution in [3.63, 3.8) is 0 Å². The van der Waals surface area contributed by atoms with Crippen molar-refractivity contribution in [3.8, 4) is 5.75 Å². The van der Waals surface area contributed by atoms with Gasteiger partial charge in [0.05, 0.1) is 5.69 Å². The van der Waals surface area contributed by atoms with E-state index >= 15 is 0 Å². The molecule has 0 saturated heterocycles. The van der Waals surface area contributed by atoms with Crippen LogP contribution in [0.3, 0.4) is 0 Å². The summed E-state index contributed by atoms with van der Waals surface area (Å²) in [6.07, 6.45) is 0. The van der Waals surface area contributed by atoms with Crippen molar-refractivity contribution in [2.75, 3.05) is 13.2 Å². The first-order valence-electron chi connectivity index (χ1n) is 7.50. The molecule has 5 heteroatoms. The maximum absolute atomic E-state index is 11.8. The van der Waals surface area contributed by atoms with E-state index in [-0.39, 0.29) is 12.5 Å². The van der Waals surface area contributed by atoms with Crippen LogP contribution in [-0.4, -0.2) is 28.8 Å². The van der Waals surface area contributed by atoms with Crippen molar-refractivity contribution in [2.24, 2.45) is 5.92 Å². The van der Waals surface area contributed by atoms with Gasteiger partial charge < -0.3 is 10.1 Å². The highest BCUT2D eigenvalue weighted by Crippen LogP contribution is 2.08. The lowest BCUT2D eigenvalue weighted by atomic mass is 10.2. The molecule has 0 unspecified atom stereocenters. The van der Waals surface area contributed by atoms with Gasteiger partial charge in [-0.15, -0.1) is 0 Å². The van der Waals surface area contributed by atoms with Gasteiger partial charge in [-0.2, -0.15) is 5.10 Å². The summed E-state index contributed by atoms with van der Waals surface area (Å²) < 4.78 is 7.39. The monoisotopic (exact) mass is 301 g/mol. The smallest absolute Gasteiger partial charge is 0.257 e. The molecule has 0 bridgehead atoms. The van der Waals surface area contributed by atoms with Crippen LogP contribution >= 0.6 is 0 Å². The van der Waals surface area contributed by atoms with Crippen LogP contribution in [0, 0.1) is 19.8 Å². The Hall–Kier alpha value is -2.30. The Labute approximate surface area is 131 Å². The number of aryl methyl sites for hydroxylation is 2. The number of aromatic nitrogens is 2. The predicted molar refractivity (Wildman–Crippen MR) is 85.8 cm³/mol. The van der Waals surface area contributed by atoms with Crippen molar-refractivity contribution < 1.29 is 9.53 Å². The quantitative estimate of drug-likeness (QED) is 0.854. The zero-order valence-electron chi connectivity index (χ0n) is 13.4. The second-order valence-corrected chi connectivity index (χ2v) is 5.62. The van der Waals surface area contributed by atoms with Crippen LogP contribution in [0.25, 0.3) is 0 Å². The van der Waals surface area contributed by atoms with Gasteiger partial charge in [-0.3, -0.25) is 9.48 Å². The minimum atomic E-state index is -0.107. The number of rotatable bonds is 7. The Kier molecular flexibility index (Phi) is 5.58. The molecule has 1 aromatic heterocycles. The Morgan fingerprint density at radius 2 is 2.05 bits per heavy atom. The number of ether oxygens (including phenoxy) is 1. The van der Waals surface area contributed by atoms with E-state index in [4.69, 9.17) is 4.74 Å². The molecule has 1 heterocycles. The number of carbonyl (C=O) groups is 1. The molecule has 5 nitrogen and oxygen atoms in total. The summed E-state index contributed by atoms with van der Waals surface area (Å²) in [5.74, 6) is 0.899. The first kappa shape index (κ1) is 16.1. The van der Waals surface area contributed by atoms with Crippen LogP contribution in [0.4, 0.5) is 0 Å². The lowest BCUT2D eigenvalue weighted by Gasteiger charge is -2.14. The van der Waals surface area contributed by atoms with Crippen LogP contribution in [0.5, 0.6) is 5.75 Å². The lowest BCUT2D eigenvalue weighted by Crippen LogP contribution is -2.33. The van der Waals surface area contributed by atoms with Gasteiger partial charge in [0.1, 0.15) is 5.75 Å². The van der Waals surface area contributed by atoms with Gasteiger partial charge in [0.15, 0.2) is 6.61 Å². The minimum absolute atomic E-state index is 0.0383. The molecular formula is C17H23N3O2. The third kappa shape index (κ3) is 4.91. The fourth-order valence-electron chi connectivity index (χ4n) is 2.22. The number of amides is 1. The standard InChI is InChI=1S/C17H23N3O2/c1-13(11-20-15(3)9-14(2)19-20)10-18-17(21)12-22-16-7-5-4-6-8-16/h4-9,13H,10-12H2,1-3H3,(H,18,21)/t13-/m0/s1. The molecule has 0 aliphatic carbocycles. The maximum atomic E-state index is 11.8. The number of para-hydroxylation sites is 1. The van der Waals surface area contributed by atoms with E-state index in [0.717, 1.165) is 17.9 Å². The molecule has 1 amide bonds. The Morgan fingerprint density at radius 3 is 2.68 bits per heavy atom. The van der Waals surface area contributed by atoms with Crippen molar-refractivity contribution >= 4 is 5.91 Å². The average Bonchev–Trinajstić information content (AvgIpc) is 2.82. The maximum Gasteiger partial charge on any atom is 0.257 e. The molecule has 0 fully saturated rings. The highest BCUT2D eigenvalue weighted by molar-refractivity contribution is 5.77. The summed E-state index contributed by atoms with van der Waals surface area (Å²) in [5.41, 5.74) is 2.16. The Bertz CT molecular complexity index is 608. The molecule has 1 aromatic carbocycles. The van der Waals surface area contributed by atoms with Crippen molar-refractivity contribution in [1.29, 1.82) is 0 Å². The van der Waals surface area contributed by atoms with Crippen molar-refractivity contribution in [1.82, 2.24) is 15.1 Å². The van der Waals surface area contributed by atoms with E-state index in [2.05, 4.69) is 23.4 Å². The predicted octanol–water partition coefficient (Wildman–Crippen LogP) is 2.33. The van der Waals surface area contributed by atoms with Crippen LogP contribution in [-0.2, 0) is 11.3 Å². The van der Waals surface area contributed by atoms with Crippen molar-refractivity contribution in [2.45, 2.75) is 27.3 Å². The number of benzene rings is 1. The van der Waals surface area contributed by atoms with Gasteiger partial charge in [-0.05, 0) is 38.0 Å². The highest BCUT2D eigenvalue weighted by atomic mass is 16.5. The molecule has 1 N–H and O–H groups in total. The fourth-order valence-corrected chi connectivity index (χ4v) is 2.22. The van der Waals surface area contributed by atoms with Crippen LogP contribution < -0.4 is 10.1 Å². The number of carbonyl (C=O) groups excluding carboxylic acids is 1. The largest absolute Gasteiger partial charge is 0.484 e. The van der Waals surface area contributed by atoms with E-state index in [0.29, 0.717) is 18.2 Å². The van der Waals surface area contributed by atoms with E-state index in [1.807, 2.05) is 48.9 Å². The lowest BCUT2D eigenvalue weighted by molar-refractivity contribution is -0.123. The fraction of sp³-hybridized carbons (Fsp3) is 0.412. The Morgan fingerprint density at radius 1 is 1.32 bits per heavy atom. The zero-order chi connectivity index (χ0) is 15.9. The van der Waals surface area contributed by atoms with E-state index < -0.39 is 0 Å². The third-order valence-electron chi connectivity index (χ3n) is 3.35. The van der Waals surface area contributed by atoms with Crippen molar-refractivity contribution in [3.05, 3.63) is 47.8 Å². The second kappa shape index (κ2) is 7.64. The molecule has 0 saturated carbocycles. The van der Waals surface area contributed by atoms with Gasteiger partial charge in [-0.25, -0.2) is 0 Å². The summed E-state index contributed by atoms with van der Waals surface area (Å²) in [7, 11) is 0. The average molecular weight is 301 g/mol. The number of nitrogens with one attached hydrogen (secondary N) is 1. The van der Waals surface area contributed by atoms with Crippen LogP contribution in [0.2, 0.25) is 0 Å². The molecule has 0 aliphatic rings. The van der Waals surface area contributed by atoms with Gasteiger partial charge in [0, 0.05) is 18.8 Å². The summed E-state index contributed by atoms with van der Waals surface area (Å²) in [4.78, 5) is 11.8. The van der Waals surface area contributed by atoms with Gasteiger partial charge in [0.2, 0.25) is 0 Å². The SMILES string of the molecule is Cc1cc(C)n(C[C@@H](C)CNC(=O)COc2ccccc2)n1. The molecule has 0 aliphatic heterocycles. The normalized spacial score (nSPS) is 12.0. The summed E-state index contributed by atoms with van der Waals surface area (Å²) >= 11 is 0. The van der Waals surface area contributed by atoms with Gasteiger partial charge >= 0.3 is 0 Å². The first-order chi connectivity index (χ1) is 10.5. The number of hydrogen-bond donors (Lipinski definition) is 1. The summed E-state index contributed by atoms with van der Waals surface area (Å²) in [6.45, 7) is 7.55. The molecular weight excluding hydrogens is 278 g/mol. The second-order valence-electron chi connectivity index (χ2n) is 5.62. The van der Waals surface area contributed by atoms with Gasteiger partial charge in [0.25, 0.3) is 5.91 Å². The Balaban J connectivity index is 1.70. The van der Waals surface area contributed by atoms with E-state index in [1.165, 1.54) is 0 Å². The van der Waals surface area contributed by atoms with E-state index in [9.17, 15) is 4.79 Å². The van der Waals surface area contributed by atoms with Gasteiger partial charge in [-0.1, -0.05) is 25.1 Å². The number of hydrogen-bond acceptors (Lipinski definition) is 3. The third-order valence-corrected chi connectivity index (χ3v) is 3.35. The minimum Gasteiger partial charge on any atom is -0.484 e. The molecule has 0 spiro atoms. The zero-order valence-corrected chi connectivity index (χ0v) is 13.4. The number of nitrogens with zero attached hydrogens (tertiary/aromatic N) is 2. The molecule has 0 radical (unpaired) electrons. The van der Waals surface area contributed by atoms with E-state index in [1.54, 1.807) is 0 Å². The molecule has 2 rings (SSSR count). The molecule has 1 atom stereocenters. The van der Waals surface area contributed by atoms with Crippen LogP contribution in [0.1, 0.15) is 18.3 Å². The summed E-state index contributed by atoms with van der Waals surface area (Å²) in [5, 5.41) is 7.33. The molecule has 118 valence electrons. The van der Waals surface area contributed by atoms with Crippen LogP contribution in [0.15, 0.2) is 36.4 Å². The molecule has 2 aromatic rings. The highest BCUT2D eigenvalue weighted by Gasteiger charge is 2.09. The molecule has 22 heavy (non-hydrogen) atoms. The topological polar surface area (TPSA) is 56.2 Å². The first-order valence-corrected chi connectivity index (χ1v) is 7.50. The summed E-state index contributed by atoms with van der Waals surface area (Å²) in [6, 6.07) is 11.4.